The highest BCUT2D eigenvalue weighted by molar-refractivity contribution is 5.93. The lowest BCUT2D eigenvalue weighted by Gasteiger charge is -2.35. The maximum absolute atomic E-state index is 11.8. The minimum Gasteiger partial charge on any atom is -0.450 e. The molecule has 0 aliphatic carbocycles. The number of amides is 2. The second-order valence-electron chi connectivity index (χ2n) is 5.85. The minimum absolute atomic E-state index is 0.0974. The molecule has 142 valence electrons. The molecule has 1 aliphatic heterocycles. The zero-order chi connectivity index (χ0) is 18.9. The fourth-order valence-corrected chi connectivity index (χ4v) is 2.75. The summed E-state index contributed by atoms with van der Waals surface area (Å²) in [6, 6.07) is 7.44. The van der Waals surface area contributed by atoms with Crippen LogP contribution in [-0.4, -0.2) is 74.6 Å². The van der Waals surface area contributed by atoms with Crippen LogP contribution in [0.4, 0.5) is 4.79 Å². The standard InChI is InChI=1S/C18H27N5O3/c1-4-26-18(25)23-11-9-22(10-12-23)17(20-3)21-13-14-5-7-15(8-6-14)16(24)19-2/h5-8H,4,9-13H2,1-3H3,(H,19,24)(H,20,21). The predicted octanol–water partition coefficient (Wildman–Crippen LogP) is 0.896. The number of nitrogens with one attached hydrogen (secondary N) is 2. The van der Waals surface area contributed by atoms with Crippen molar-refractivity contribution < 1.29 is 14.3 Å². The number of carbonyl (C=O) groups excluding carboxylic acids is 2. The fourth-order valence-electron chi connectivity index (χ4n) is 2.75. The summed E-state index contributed by atoms with van der Waals surface area (Å²) in [7, 11) is 3.36. The Bertz CT molecular complexity index is 637. The number of nitrogens with zero attached hydrogens (tertiary/aromatic N) is 3. The average molecular weight is 361 g/mol. The Kier molecular flexibility index (Phi) is 7.25. The SMILES string of the molecule is CCOC(=O)N1CCN(C(=NC)NCc2ccc(C(=O)NC)cc2)CC1. The molecule has 1 aromatic carbocycles. The minimum atomic E-state index is -0.258. The normalized spacial score (nSPS) is 14.8. The molecule has 1 aliphatic rings. The lowest BCUT2D eigenvalue weighted by molar-refractivity contribution is 0.0913. The van der Waals surface area contributed by atoms with Crippen LogP contribution in [0.1, 0.15) is 22.8 Å². The van der Waals surface area contributed by atoms with Gasteiger partial charge in [0.2, 0.25) is 0 Å². The van der Waals surface area contributed by atoms with Gasteiger partial charge in [0, 0.05) is 52.4 Å². The lowest BCUT2D eigenvalue weighted by Crippen LogP contribution is -2.53. The van der Waals surface area contributed by atoms with E-state index in [-0.39, 0.29) is 12.0 Å². The van der Waals surface area contributed by atoms with Crippen LogP contribution in [0.3, 0.4) is 0 Å². The van der Waals surface area contributed by atoms with Crippen molar-refractivity contribution in [2.45, 2.75) is 13.5 Å². The van der Waals surface area contributed by atoms with E-state index in [0.717, 1.165) is 11.5 Å². The van der Waals surface area contributed by atoms with Crippen molar-refractivity contribution in [3.05, 3.63) is 35.4 Å². The third-order valence-electron chi connectivity index (χ3n) is 4.21. The van der Waals surface area contributed by atoms with E-state index in [1.54, 1.807) is 38.1 Å². The van der Waals surface area contributed by atoms with Crippen molar-refractivity contribution in [3.63, 3.8) is 0 Å². The van der Waals surface area contributed by atoms with Gasteiger partial charge in [0.25, 0.3) is 5.91 Å². The number of guanidine groups is 1. The average Bonchev–Trinajstić information content (AvgIpc) is 2.69. The Morgan fingerprint density at radius 2 is 1.73 bits per heavy atom. The molecular weight excluding hydrogens is 334 g/mol. The number of ether oxygens (including phenoxy) is 1. The van der Waals surface area contributed by atoms with E-state index in [2.05, 4.69) is 20.5 Å². The van der Waals surface area contributed by atoms with Gasteiger partial charge in [0.15, 0.2) is 5.96 Å². The summed E-state index contributed by atoms with van der Waals surface area (Å²) in [4.78, 5) is 31.5. The van der Waals surface area contributed by atoms with E-state index < -0.39 is 0 Å². The number of piperazine rings is 1. The van der Waals surface area contributed by atoms with Crippen molar-refractivity contribution >= 4 is 18.0 Å². The summed E-state index contributed by atoms with van der Waals surface area (Å²) in [6.45, 7) is 5.43. The molecule has 8 heteroatoms. The van der Waals surface area contributed by atoms with Gasteiger partial charge in [-0.25, -0.2) is 4.79 Å². The van der Waals surface area contributed by atoms with Gasteiger partial charge in [0.1, 0.15) is 0 Å². The smallest absolute Gasteiger partial charge is 0.409 e. The van der Waals surface area contributed by atoms with E-state index in [0.29, 0.717) is 44.9 Å². The van der Waals surface area contributed by atoms with Crippen LogP contribution in [-0.2, 0) is 11.3 Å². The van der Waals surface area contributed by atoms with E-state index in [9.17, 15) is 9.59 Å². The van der Waals surface area contributed by atoms with Crippen LogP contribution in [0.2, 0.25) is 0 Å². The van der Waals surface area contributed by atoms with Crippen molar-refractivity contribution in [1.29, 1.82) is 0 Å². The number of hydrogen-bond donors (Lipinski definition) is 2. The Balaban J connectivity index is 1.85. The molecule has 0 unspecified atom stereocenters. The second-order valence-corrected chi connectivity index (χ2v) is 5.85. The van der Waals surface area contributed by atoms with Gasteiger partial charge < -0.3 is 25.2 Å². The zero-order valence-electron chi connectivity index (χ0n) is 15.6. The molecule has 2 N–H and O–H groups in total. The summed E-state index contributed by atoms with van der Waals surface area (Å²) in [5, 5.41) is 5.93. The molecule has 0 radical (unpaired) electrons. The number of carbonyl (C=O) groups is 2. The predicted molar refractivity (Wildman–Crippen MR) is 100 cm³/mol. The molecule has 1 heterocycles. The van der Waals surface area contributed by atoms with Crippen LogP contribution >= 0.6 is 0 Å². The summed E-state index contributed by atoms with van der Waals surface area (Å²) < 4.78 is 5.04. The van der Waals surface area contributed by atoms with Crippen molar-refractivity contribution in [3.8, 4) is 0 Å². The first-order chi connectivity index (χ1) is 12.6. The van der Waals surface area contributed by atoms with Crippen LogP contribution in [0.25, 0.3) is 0 Å². The first-order valence-corrected chi connectivity index (χ1v) is 8.77. The first kappa shape index (κ1) is 19.6. The van der Waals surface area contributed by atoms with Gasteiger partial charge in [-0.3, -0.25) is 9.79 Å². The fraction of sp³-hybridized carbons (Fsp3) is 0.500. The number of hydrogen-bond acceptors (Lipinski definition) is 4. The molecular formula is C18H27N5O3. The Labute approximate surface area is 154 Å². The van der Waals surface area contributed by atoms with E-state index >= 15 is 0 Å². The third-order valence-corrected chi connectivity index (χ3v) is 4.21. The summed E-state index contributed by atoms with van der Waals surface area (Å²) in [6.07, 6.45) is -0.258. The monoisotopic (exact) mass is 361 g/mol. The number of benzene rings is 1. The largest absolute Gasteiger partial charge is 0.450 e. The van der Waals surface area contributed by atoms with E-state index in [1.807, 2.05) is 12.1 Å². The maximum Gasteiger partial charge on any atom is 0.409 e. The Morgan fingerprint density at radius 3 is 2.27 bits per heavy atom. The quantitative estimate of drug-likeness (QED) is 0.615. The van der Waals surface area contributed by atoms with Gasteiger partial charge in [0.05, 0.1) is 6.61 Å². The van der Waals surface area contributed by atoms with Crippen molar-refractivity contribution in [2.75, 3.05) is 46.9 Å². The van der Waals surface area contributed by atoms with Crippen LogP contribution in [0.15, 0.2) is 29.3 Å². The molecule has 1 aromatic rings. The Hall–Kier alpha value is -2.77. The highest BCUT2D eigenvalue weighted by Gasteiger charge is 2.23. The zero-order valence-corrected chi connectivity index (χ0v) is 15.6. The molecule has 8 nitrogen and oxygen atoms in total. The van der Waals surface area contributed by atoms with Crippen molar-refractivity contribution in [1.82, 2.24) is 20.4 Å². The molecule has 2 rings (SSSR count). The first-order valence-electron chi connectivity index (χ1n) is 8.77. The molecule has 1 saturated heterocycles. The highest BCUT2D eigenvalue weighted by Crippen LogP contribution is 2.07. The molecule has 0 spiro atoms. The van der Waals surface area contributed by atoms with E-state index in [4.69, 9.17) is 4.74 Å². The number of rotatable bonds is 4. The third kappa shape index (κ3) is 5.11. The molecule has 0 atom stereocenters. The van der Waals surface area contributed by atoms with Gasteiger partial charge in [-0.15, -0.1) is 0 Å². The van der Waals surface area contributed by atoms with Gasteiger partial charge >= 0.3 is 6.09 Å². The molecule has 1 fully saturated rings. The van der Waals surface area contributed by atoms with Crippen LogP contribution in [0.5, 0.6) is 0 Å². The lowest BCUT2D eigenvalue weighted by atomic mass is 10.1. The number of aliphatic imine (C=N–C) groups is 1. The molecule has 0 bridgehead atoms. The topological polar surface area (TPSA) is 86.3 Å². The van der Waals surface area contributed by atoms with E-state index in [1.165, 1.54) is 0 Å². The maximum atomic E-state index is 11.8. The van der Waals surface area contributed by atoms with Crippen molar-refractivity contribution in [2.24, 2.45) is 4.99 Å². The summed E-state index contributed by atoms with van der Waals surface area (Å²) >= 11 is 0. The molecule has 2 amide bonds. The van der Waals surface area contributed by atoms with Gasteiger partial charge in [-0.1, -0.05) is 12.1 Å². The Morgan fingerprint density at radius 1 is 1.12 bits per heavy atom. The highest BCUT2D eigenvalue weighted by atomic mass is 16.6. The summed E-state index contributed by atoms with van der Waals surface area (Å²) in [5.74, 6) is 0.698. The second kappa shape index (κ2) is 9.65. The summed E-state index contributed by atoms with van der Waals surface area (Å²) in [5.41, 5.74) is 1.69. The molecule has 0 saturated carbocycles. The van der Waals surface area contributed by atoms with Crippen LogP contribution in [0, 0.1) is 0 Å². The van der Waals surface area contributed by atoms with Crippen LogP contribution < -0.4 is 10.6 Å². The molecule has 26 heavy (non-hydrogen) atoms. The molecule has 0 aromatic heterocycles. The van der Waals surface area contributed by atoms with Gasteiger partial charge in [-0.05, 0) is 24.6 Å². The van der Waals surface area contributed by atoms with Gasteiger partial charge in [-0.2, -0.15) is 0 Å².